The number of halogens is 1. The van der Waals surface area contributed by atoms with Crippen LogP contribution in [-0.4, -0.2) is 32.1 Å². The van der Waals surface area contributed by atoms with Gasteiger partial charge in [-0.25, -0.2) is 5.01 Å². The summed E-state index contributed by atoms with van der Waals surface area (Å²) in [6, 6.07) is 5.78. The summed E-state index contributed by atoms with van der Waals surface area (Å²) in [7, 11) is 5.25. The predicted octanol–water partition coefficient (Wildman–Crippen LogP) is 2.08. The summed E-state index contributed by atoms with van der Waals surface area (Å²) in [6.45, 7) is 0. The van der Waals surface area contributed by atoms with Gasteiger partial charge in [0.2, 0.25) is 5.91 Å². The Bertz CT molecular complexity index is 470. The van der Waals surface area contributed by atoms with Crippen LogP contribution in [0.5, 0.6) is 5.75 Å². The van der Waals surface area contributed by atoms with E-state index in [1.54, 1.807) is 12.1 Å². The Hall–Kier alpha value is -1.07. The minimum atomic E-state index is -0.431. The van der Waals surface area contributed by atoms with Crippen molar-refractivity contribution >= 4 is 21.8 Å². The molecule has 1 fully saturated rings. The molecule has 1 saturated carbocycles. The smallest absolute Gasteiger partial charge is 0.245 e. The molecule has 5 heteroatoms. The first-order chi connectivity index (χ1) is 8.49. The van der Waals surface area contributed by atoms with Crippen LogP contribution in [0.15, 0.2) is 22.7 Å². The first kappa shape index (κ1) is 13.4. The lowest BCUT2D eigenvalue weighted by Gasteiger charge is -2.21. The van der Waals surface area contributed by atoms with Crippen molar-refractivity contribution in [1.82, 2.24) is 10.4 Å². The van der Waals surface area contributed by atoms with Crippen LogP contribution in [0, 0.1) is 0 Å². The number of amides is 1. The van der Waals surface area contributed by atoms with Crippen molar-refractivity contribution in [3.8, 4) is 5.75 Å². The standard InChI is InChI=1S/C13H17BrN2O2/c1-16(2)15-12(17)13(6-7-13)10-8-9(14)4-5-11(10)18-3/h4-5,8H,6-7H2,1-3H3,(H,15,17). The van der Waals surface area contributed by atoms with Gasteiger partial charge in [-0.1, -0.05) is 15.9 Å². The van der Waals surface area contributed by atoms with E-state index in [2.05, 4.69) is 21.4 Å². The van der Waals surface area contributed by atoms with Gasteiger partial charge in [-0.15, -0.1) is 0 Å². The molecule has 2 rings (SSSR count). The van der Waals surface area contributed by atoms with Crippen LogP contribution in [0.2, 0.25) is 0 Å². The highest BCUT2D eigenvalue weighted by Gasteiger charge is 2.53. The number of nitrogens with one attached hydrogen (secondary N) is 1. The highest BCUT2D eigenvalue weighted by Crippen LogP contribution is 2.52. The molecule has 1 aromatic carbocycles. The van der Waals surface area contributed by atoms with E-state index in [0.717, 1.165) is 28.6 Å². The van der Waals surface area contributed by atoms with Gasteiger partial charge in [-0.2, -0.15) is 0 Å². The first-order valence-corrected chi connectivity index (χ1v) is 6.61. The summed E-state index contributed by atoms with van der Waals surface area (Å²) in [4.78, 5) is 12.3. The maximum Gasteiger partial charge on any atom is 0.245 e. The third-order valence-corrected chi connectivity index (χ3v) is 3.68. The molecule has 0 saturated heterocycles. The summed E-state index contributed by atoms with van der Waals surface area (Å²) >= 11 is 3.45. The Morgan fingerprint density at radius 3 is 2.61 bits per heavy atom. The molecule has 1 aliphatic carbocycles. The van der Waals surface area contributed by atoms with E-state index in [0.29, 0.717) is 0 Å². The van der Waals surface area contributed by atoms with Crippen LogP contribution in [0.3, 0.4) is 0 Å². The average Bonchev–Trinajstić information content (AvgIpc) is 3.09. The van der Waals surface area contributed by atoms with E-state index in [-0.39, 0.29) is 5.91 Å². The minimum absolute atomic E-state index is 0.0314. The Kier molecular flexibility index (Phi) is 3.64. The molecule has 0 radical (unpaired) electrons. The second kappa shape index (κ2) is 4.90. The SMILES string of the molecule is COc1ccc(Br)cc1C1(C(=O)NN(C)C)CC1. The topological polar surface area (TPSA) is 41.6 Å². The van der Waals surface area contributed by atoms with Crippen LogP contribution in [0.4, 0.5) is 0 Å². The number of hydrogen-bond donors (Lipinski definition) is 1. The molecule has 0 aliphatic heterocycles. The van der Waals surface area contributed by atoms with Crippen molar-refractivity contribution in [1.29, 1.82) is 0 Å². The lowest BCUT2D eigenvalue weighted by Crippen LogP contribution is -2.42. The second-order valence-electron chi connectivity index (χ2n) is 4.76. The Morgan fingerprint density at radius 1 is 1.44 bits per heavy atom. The summed E-state index contributed by atoms with van der Waals surface area (Å²) in [5.41, 5.74) is 3.36. The van der Waals surface area contributed by atoms with E-state index in [1.807, 2.05) is 32.3 Å². The number of carbonyl (C=O) groups excluding carboxylic acids is 1. The number of hydrogen-bond acceptors (Lipinski definition) is 3. The highest BCUT2D eigenvalue weighted by atomic mass is 79.9. The van der Waals surface area contributed by atoms with Gasteiger partial charge in [0, 0.05) is 24.1 Å². The summed E-state index contributed by atoms with van der Waals surface area (Å²) in [5, 5.41) is 1.67. The van der Waals surface area contributed by atoms with Gasteiger partial charge < -0.3 is 4.74 Å². The quantitative estimate of drug-likeness (QED) is 0.866. The number of ether oxygens (including phenoxy) is 1. The van der Waals surface area contributed by atoms with Gasteiger partial charge in [-0.3, -0.25) is 10.2 Å². The fourth-order valence-corrected chi connectivity index (χ4v) is 2.47. The lowest BCUT2D eigenvalue weighted by molar-refractivity contribution is -0.127. The Labute approximate surface area is 115 Å². The van der Waals surface area contributed by atoms with Gasteiger partial charge >= 0.3 is 0 Å². The molecule has 0 atom stereocenters. The van der Waals surface area contributed by atoms with Crippen molar-refractivity contribution in [2.75, 3.05) is 21.2 Å². The van der Waals surface area contributed by atoms with Crippen molar-refractivity contribution in [2.45, 2.75) is 18.3 Å². The molecule has 0 aromatic heterocycles. The van der Waals surface area contributed by atoms with Crippen molar-refractivity contribution in [2.24, 2.45) is 0 Å². The number of methoxy groups -OCH3 is 1. The third-order valence-electron chi connectivity index (χ3n) is 3.19. The molecule has 4 nitrogen and oxygen atoms in total. The largest absolute Gasteiger partial charge is 0.496 e. The molecule has 0 bridgehead atoms. The number of hydrazine groups is 1. The maximum atomic E-state index is 12.3. The monoisotopic (exact) mass is 312 g/mol. The fraction of sp³-hybridized carbons (Fsp3) is 0.462. The molecular weight excluding hydrogens is 296 g/mol. The zero-order valence-corrected chi connectivity index (χ0v) is 12.4. The number of rotatable bonds is 4. The van der Waals surface area contributed by atoms with E-state index < -0.39 is 5.41 Å². The maximum absolute atomic E-state index is 12.3. The second-order valence-corrected chi connectivity index (χ2v) is 5.68. The minimum Gasteiger partial charge on any atom is -0.496 e. The van der Waals surface area contributed by atoms with E-state index in [1.165, 1.54) is 0 Å². The van der Waals surface area contributed by atoms with Gasteiger partial charge in [0.25, 0.3) is 0 Å². The zero-order valence-electron chi connectivity index (χ0n) is 10.8. The average molecular weight is 313 g/mol. The molecule has 1 amide bonds. The molecular formula is C13H17BrN2O2. The normalized spacial score (nSPS) is 16.5. The van der Waals surface area contributed by atoms with Crippen molar-refractivity contribution < 1.29 is 9.53 Å². The molecule has 1 aliphatic rings. The van der Waals surface area contributed by atoms with E-state index in [4.69, 9.17) is 4.74 Å². The van der Waals surface area contributed by atoms with Gasteiger partial charge in [0.05, 0.1) is 12.5 Å². The van der Waals surface area contributed by atoms with Crippen LogP contribution < -0.4 is 10.2 Å². The van der Waals surface area contributed by atoms with Crippen LogP contribution >= 0.6 is 15.9 Å². The van der Waals surface area contributed by atoms with Crippen LogP contribution in [0.25, 0.3) is 0 Å². The molecule has 98 valence electrons. The number of benzene rings is 1. The van der Waals surface area contributed by atoms with Gasteiger partial charge in [-0.05, 0) is 31.0 Å². The fourth-order valence-electron chi connectivity index (χ4n) is 2.11. The van der Waals surface area contributed by atoms with E-state index >= 15 is 0 Å². The van der Waals surface area contributed by atoms with Gasteiger partial charge in [0.1, 0.15) is 5.75 Å². The summed E-state index contributed by atoms with van der Waals surface area (Å²) in [6.07, 6.45) is 1.72. The number of carbonyl (C=O) groups is 1. The summed E-state index contributed by atoms with van der Waals surface area (Å²) < 4.78 is 6.33. The zero-order chi connectivity index (χ0) is 13.3. The van der Waals surface area contributed by atoms with Crippen molar-refractivity contribution in [3.05, 3.63) is 28.2 Å². The summed E-state index contributed by atoms with van der Waals surface area (Å²) in [5.74, 6) is 0.800. The van der Waals surface area contributed by atoms with Gasteiger partial charge in [0.15, 0.2) is 0 Å². The van der Waals surface area contributed by atoms with E-state index in [9.17, 15) is 4.79 Å². The predicted molar refractivity (Wildman–Crippen MR) is 73.4 cm³/mol. The molecule has 0 spiro atoms. The molecule has 0 heterocycles. The molecule has 18 heavy (non-hydrogen) atoms. The molecule has 0 unspecified atom stereocenters. The van der Waals surface area contributed by atoms with Crippen molar-refractivity contribution in [3.63, 3.8) is 0 Å². The Balaban J connectivity index is 2.35. The lowest BCUT2D eigenvalue weighted by atomic mass is 9.94. The van der Waals surface area contributed by atoms with Crippen LogP contribution in [0.1, 0.15) is 18.4 Å². The molecule has 1 aromatic rings. The third kappa shape index (κ3) is 2.37. The first-order valence-electron chi connectivity index (χ1n) is 5.82. The molecule has 1 N–H and O–H groups in total. The Morgan fingerprint density at radius 2 is 2.11 bits per heavy atom. The highest BCUT2D eigenvalue weighted by molar-refractivity contribution is 9.10. The van der Waals surface area contributed by atoms with Crippen LogP contribution in [-0.2, 0) is 10.2 Å². The number of nitrogens with zero attached hydrogens (tertiary/aromatic N) is 1.